The number of hydrogen-bond donors (Lipinski definition) is 3. The maximum absolute atomic E-state index is 15.5. The van der Waals surface area contributed by atoms with Crippen LogP contribution in [0.3, 0.4) is 0 Å². The standard InChI is InChI=1S/C27H25F4N7O4/c1-13-12-42-19(11-38(13)26(41)14(2)39)24-36-21(22-23(32)34-7-8-37(22)24)17-4-3-15(9-18(17)28)25(40)35-20-10-16(5-6-33-20)27(29,30)31/h3-10,13-14,19,39H,11-12H2,1-2H3,(H2,32,34)(H,33,35,40)/t13-,14?,19-/m1/s1. The largest absolute Gasteiger partial charge is 0.416 e. The molecule has 5 rings (SSSR count). The van der Waals surface area contributed by atoms with E-state index in [0.717, 1.165) is 18.3 Å². The second-order valence-electron chi connectivity index (χ2n) is 9.76. The van der Waals surface area contributed by atoms with Crippen LogP contribution in [0, 0.1) is 5.82 Å². The Labute approximate surface area is 236 Å². The van der Waals surface area contributed by atoms with Gasteiger partial charge in [-0.15, -0.1) is 0 Å². The van der Waals surface area contributed by atoms with Gasteiger partial charge in [0.05, 0.1) is 24.8 Å². The lowest BCUT2D eigenvalue weighted by Crippen LogP contribution is -2.51. The summed E-state index contributed by atoms with van der Waals surface area (Å²) >= 11 is 0. The molecule has 4 N–H and O–H groups in total. The zero-order valence-corrected chi connectivity index (χ0v) is 22.3. The first kappa shape index (κ1) is 28.9. The molecule has 15 heteroatoms. The summed E-state index contributed by atoms with van der Waals surface area (Å²) in [5.74, 6) is -2.23. The maximum Gasteiger partial charge on any atom is 0.416 e. The number of ether oxygens (including phenoxy) is 1. The number of nitrogens with one attached hydrogen (secondary N) is 1. The summed E-state index contributed by atoms with van der Waals surface area (Å²) in [6.45, 7) is 3.38. The van der Waals surface area contributed by atoms with Crippen molar-refractivity contribution in [2.24, 2.45) is 0 Å². The molecule has 1 fully saturated rings. The number of carbonyl (C=O) groups is 2. The number of aromatic nitrogens is 4. The first-order valence-corrected chi connectivity index (χ1v) is 12.7. The fraction of sp³-hybridized carbons (Fsp3) is 0.296. The molecule has 1 unspecified atom stereocenters. The Morgan fingerprint density at radius 3 is 2.64 bits per heavy atom. The average Bonchev–Trinajstić information content (AvgIpc) is 3.33. The molecule has 0 radical (unpaired) electrons. The van der Waals surface area contributed by atoms with Crippen molar-refractivity contribution in [1.82, 2.24) is 24.3 Å². The van der Waals surface area contributed by atoms with Gasteiger partial charge in [0.2, 0.25) is 0 Å². The molecular weight excluding hydrogens is 562 g/mol. The average molecular weight is 588 g/mol. The first-order valence-electron chi connectivity index (χ1n) is 12.7. The number of fused-ring (bicyclic) bond motifs is 1. The molecule has 1 aliphatic rings. The summed E-state index contributed by atoms with van der Waals surface area (Å²) in [4.78, 5) is 39.1. The fourth-order valence-corrected chi connectivity index (χ4v) is 4.67. The van der Waals surface area contributed by atoms with Crippen molar-refractivity contribution >= 4 is 29.0 Å². The molecule has 4 heterocycles. The number of hydrogen-bond acceptors (Lipinski definition) is 8. The number of carbonyl (C=O) groups excluding carboxylic acids is 2. The smallest absolute Gasteiger partial charge is 0.384 e. The van der Waals surface area contributed by atoms with Crippen molar-refractivity contribution in [2.75, 3.05) is 24.2 Å². The molecule has 1 aromatic carbocycles. The lowest BCUT2D eigenvalue weighted by molar-refractivity contribution is -0.152. The number of benzene rings is 1. The summed E-state index contributed by atoms with van der Waals surface area (Å²) in [7, 11) is 0. The van der Waals surface area contributed by atoms with Gasteiger partial charge in [-0.2, -0.15) is 13.2 Å². The number of imidazole rings is 1. The number of anilines is 2. The molecule has 2 amide bonds. The van der Waals surface area contributed by atoms with Crippen molar-refractivity contribution < 1.29 is 37.0 Å². The molecule has 0 aliphatic carbocycles. The van der Waals surface area contributed by atoms with Gasteiger partial charge in [-0.05, 0) is 44.2 Å². The van der Waals surface area contributed by atoms with Crippen LogP contribution in [0.1, 0.15) is 41.7 Å². The van der Waals surface area contributed by atoms with E-state index in [4.69, 9.17) is 10.5 Å². The second-order valence-corrected chi connectivity index (χ2v) is 9.76. The monoisotopic (exact) mass is 587 g/mol. The van der Waals surface area contributed by atoms with Crippen LogP contribution >= 0.6 is 0 Å². The molecule has 0 saturated carbocycles. The third-order valence-corrected chi connectivity index (χ3v) is 6.79. The van der Waals surface area contributed by atoms with Crippen LogP contribution in [-0.4, -0.2) is 66.5 Å². The molecule has 11 nitrogen and oxygen atoms in total. The number of alkyl halides is 3. The van der Waals surface area contributed by atoms with Crippen LogP contribution in [0.25, 0.3) is 16.8 Å². The Hall–Kier alpha value is -4.63. The van der Waals surface area contributed by atoms with Crippen molar-refractivity contribution in [3.63, 3.8) is 0 Å². The Kier molecular flexibility index (Phi) is 7.55. The van der Waals surface area contributed by atoms with E-state index in [1.807, 2.05) is 0 Å². The highest BCUT2D eigenvalue weighted by Crippen LogP contribution is 2.35. The number of aliphatic hydroxyl groups excluding tert-OH is 1. The van der Waals surface area contributed by atoms with Crippen molar-refractivity contribution in [1.29, 1.82) is 0 Å². The van der Waals surface area contributed by atoms with E-state index in [1.54, 1.807) is 17.5 Å². The first-order chi connectivity index (χ1) is 19.8. The maximum atomic E-state index is 15.5. The zero-order valence-electron chi connectivity index (χ0n) is 22.3. The molecule has 0 bridgehead atoms. The van der Waals surface area contributed by atoms with E-state index < -0.39 is 41.6 Å². The van der Waals surface area contributed by atoms with Gasteiger partial charge in [0, 0.05) is 29.7 Å². The highest BCUT2D eigenvalue weighted by Gasteiger charge is 2.35. The van der Waals surface area contributed by atoms with E-state index >= 15 is 4.39 Å². The van der Waals surface area contributed by atoms with Gasteiger partial charge >= 0.3 is 6.18 Å². The summed E-state index contributed by atoms with van der Waals surface area (Å²) < 4.78 is 62.0. The normalized spacial score (nSPS) is 18.2. The lowest BCUT2D eigenvalue weighted by atomic mass is 10.1. The fourth-order valence-electron chi connectivity index (χ4n) is 4.67. The molecular formula is C27H25F4N7O4. The number of halogens is 4. The molecule has 1 saturated heterocycles. The molecule has 0 spiro atoms. The highest BCUT2D eigenvalue weighted by molar-refractivity contribution is 6.04. The van der Waals surface area contributed by atoms with Gasteiger partial charge in [-0.3, -0.25) is 14.0 Å². The van der Waals surface area contributed by atoms with E-state index in [2.05, 4.69) is 20.3 Å². The topological polar surface area (TPSA) is 148 Å². The van der Waals surface area contributed by atoms with E-state index in [-0.39, 0.29) is 53.2 Å². The van der Waals surface area contributed by atoms with Gasteiger partial charge in [-0.1, -0.05) is 0 Å². The lowest BCUT2D eigenvalue weighted by Gasteiger charge is -2.38. The minimum absolute atomic E-state index is 0.0316. The minimum atomic E-state index is -4.63. The molecule has 42 heavy (non-hydrogen) atoms. The van der Waals surface area contributed by atoms with Crippen LogP contribution in [-0.2, 0) is 15.7 Å². The van der Waals surface area contributed by atoms with Crippen molar-refractivity contribution in [3.8, 4) is 11.3 Å². The zero-order chi connectivity index (χ0) is 30.3. The second kappa shape index (κ2) is 11.0. The number of morpholine rings is 1. The van der Waals surface area contributed by atoms with Gasteiger partial charge < -0.3 is 25.8 Å². The summed E-state index contributed by atoms with van der Waals surface area (Å²) in [5.41, 5.74) is 5.28. The number of pyridine rings is 1. The van der Waals surface area contributed by atoms with Gasteiger partial charge in [-0.25, -0.2) is 19.3 Å². The van der Waals surface area contributed by atoms with Crippen molar-refractivity contribution in [2.45, 2.75) is 38.3 Å². The van der Waals surface area contributed by atoms with Crippen LogP contribution in [0.2, 0.25) is 0 Å². The van der Waals surface area contributed by atoms with Crippen molar-refractivity contribution in [3.05, 3.63) is 71.7 Å². The number of nitrogens with zero attached hydrogens (tertiary/aromatic N) is 5. The third-order valence-electron chi connectivity index (χ3n) is 6.79. The molecule has 3 atom stereocenters. The van der Waals surface area contributed by atoms with Crippen LogP contribution < -0.4 is 11.1 Å². The number of rotatable bonds is 5. The third kappa shape index (κ3) is 5.47. The Morgan fingerprint density at radius 1 is 1.19 bits per heavy atom. The number of aliphatic hydroxyl groups is 1. The Morgan fingerprint density at radius 2 is 1.95 bits per heavy atom. The number of nitrogen functional groups attached to an aromatic ring is 1. The van der Waals surface area contributed by atoms with Crippen LogP contribution in [0.5, 0.6) is 0 Å². The Balaban J connectivity index is 1.47. The SMILES string of the molecule is CC(O)C(=O)N1C[C@H](c2nc(-c3ccc(C(=O)Nc4cc(C(F)(F)F)ccn4)cc3F)c3c(N)nccn23)OC[C@H]1C. The number of nitrogens with two attached hydrogens (primary N) is 1. The molecule has 220 valence electrons. The van der Waals surface area contributed by atoms with E-state index in [9.17, 15) is 27.9 Å². The van der Waals surface area contributed by atoms with Crippen LogP contribution in [0.4, 0.5) is 29.2 Å². The number of amides is 2. The highest BCUT2D eigenvalue weighted by atomic mass is 19.4. The van der Waals surface area contributed by atoms with Gasteiger partial charge in [0.1, 0.15) is 46.7 Å². The Bertz CT molecular complexity index is 1670. The van der Waals surface area contributed by atoms with E-state index in [1.165, 1.54) is 30.2 Å². The van der Waals surface area contributed by atoms with Gasteiger partial charge in [0.15, 0.2) is 0 Å². The predicted octanol–water partition coefficient (Wildman–Crippen LogP) is 3.45. The molecule has 3 aromatic heterocycles. The van der Waals surface area contributed by atoms with Crippen LogP contribution in [0.15, 0.2) is 48.9 Å². The summed E-state index contributed by atoms with van der Waals surface area (Å²) in [5, 5.41) is 12.1. The summed E-state index contributed by atoms with van der Waals surface area (Å²) in [6, 6.07) is 4.60. The minimum Gasteiger partial charge on any atom is -0.384 e. The molecule has 1 aliphatic heterocycles. The van der Waals surface area contributed by atoms with E-state index in [0.29, 0.717) is 11.9 Å². The summed E-state index contributed by atoms with van der Waals surface area (Å²) in [6.07, 6.45) is -2.72. The quantitative estimate of drug-likeness (QED) is 0.301. The predicted molar refractivity (Wildman–Crippen MR) is 142 cm³/mol. The molecule has 4 aromatic rings. The van der Waals surface area contributed by atoms with Gasteiger partial charge in [0.25, 0.3) is 11.8 Å².